The minimum Gasteiger partial charge on any atom is -0.394 e. The number of aliphatic hydroxyl groups is 20. The normalized spacial score (nSPS) is 38.0. The Labute approximate surface area is 610 Å². The van der Waals surface area contributed by atoms with Gasteiger partial charge in [-0.2, -0.15) is 0 Å². The van der Waals surface area contributed by atoms with E-state index in [1.54, 1.807) is 0 Å². The lowest BCUT2D eigenvalue weighted by Crippen LogP contribution is -2.65. The van der Waals surface area contributed by atoms with Crippen LogP contribution in [0.4, 0.5) is 0 Å². The number of unbranched alkanes of at least 4 members (excludes halogenated alkanes) is 5. The molecule has 6 heterocycles. The van der Waals surface area contributed by atoms with E-state index in [9.17, 15) is 126 Å². The van der Waals surface area contributed by atoms with Crippen LogP contribution < -0.4 is 27.2 Å². The number of carbonyl (C=O) groups is 5. The Balaban J connectivity index is 0.000000387. The molecule has 42 heteroatoms. The summed E-state index contributed by atoms with van der Waals surface area (Å²) in [7, 11) is 0. The molecule has 3 amide bonds. The molecular formula is C64H115N5O37. The highest BCUT2D eigenvalue weighted by atomic mass is 16.8. The molecule has 106 heavy (non-hydrogen) atoms. The van der Waals surface area contributed by atoms with Crippen molar-refractivity contribution in [3.05, 3.63) is 0 Å². The molecule has 6 aliphatic rings. The molecule has 42 nitrogen and oxygen atoms in total. The SMILES string of the molecule is CC(=O)[C@H](CCCCN)NNC(=O)CCCCCCC(=O)NCCO[C@H]1O[C@H](CO[C@H]2O[C@H](CO)[C@@H](O)[C@H](O)[C@@H]2O)[C@@H](O)[C@H](O[C@H]2O[C@H](CO)[C@@H](O)[C@H](O)[C@@H]2O)[C@@H]1O.CCNC(=O)CCCCC(=O)CCCO[C@H]1O[C@H](CO[C@H]2O[C@H](CO)[C@@H](O)[C@H](O)[C@@H]2O)[C@@H](O)[C@H](O[C@H]2O[C@H](CO)[C@@H](O)[C@H](O)[C@@H]2O)[C@@H]1O. The third-order valence-corrected chi connectivity index (χ3v) is 18.6. The van der Waals surface area contributed by atoms with Gasteiger partial charge in [-0.1, -0.05) is 19.3 Å². The Morgan fingerprint density at radius 2 is 0.736 bits per heavy atom. The fourth-order valence-electron chi connectivity index (χ4n) is 12.1. The van der Waals surface area contributed by atoms with Gasteiger partial charge < -0.3 is 175 Å². The molecule has 0 spiro atoms. The van der Waals surface area contributed by atoms with Crippen molar-refractivity contribution in [1.29, 1.82) is 0 Å². The first-order chi connectivity index (χ1) is 50.5. The molecule has 26 N–H and O–H groups in total. The number of Topliss-reactive ketones (excluding diaryl/α,β-unsaturated/α-hetero) is 2. The molecule has 6 aliphatic heterocycles. The molecule has 0 radical (unpaired) electrons. The summed E-state index contributed by atoms with van der Waals surface area (Å²) in [5.41, 5.74) is 10.8. The maximum absolute atomic E-state index is 12.4. The van der Waals surface area contributed by atoms with Crippen LogP contribution in [-0.4, -0.2) is 394 Å². The highest BCUT2D eigenvalue weighted by Gasteiger charge is 2.55. The fourth-order valence-corrected chi connectivity index (χ4v) is 12.1. The second-order valence-electron chi connectivity index (χ2n) is 26.7. The van der Waals surface area contributed by atoms with Crippen molar-refractivity contribution in [3.8, 4) is 0 Å². The van der Waals surface area contributed by atoms with Crippen molar-refractivity contribution in [1.82, 2.24) is 21.5 Å². The summed E-state index contributed by atoms with van der Waals surface area (Å²) in [4.78, 5) is 60.2. The van der Waals surface area contributed by atoms with Gasteiger partial charge in [0.15, 0.2) is 37.7 Å². The number of hydrazine groups is 1. The van der Waals surface area contributed by atoms with E-state index >= 15 is 0 Å². The number of aliphatic hydroxyl groups excluding tert-OH is 20. The van der Waals surface area contributed by atoms with E-state index in [2.05, 4.69) is 21.5 Å². The Kier molecular flexibility index (Phi) is 41.8. The summed E-state index contributed by atoms with van der Waals surface area (Å²) in [6.07, 6.45) is -42.8. The van der Waals surface area contributed by atoms with E-state index < -0.39 is 230 Å². The lowest BCUT2D eigenvalue weighted by molar-refractivity contribution is -0.366. The Morgan fingerprint density at radius 1 is 0.377 bits per heavy atom. The molecule has 0 saturated carbocycles. The zero-order valence-electron chi connectivity index (χ0n) is 59.2. The number of nitrogens with one attached hydrogen (secondary N) is 4. The summed E-state index contributed by atoms with van der Waals surface area (Å²) in [6.45, 7) is -0.273. The number of carbonyl (C=O) groups excluding carboxylic acids is 5. The zero-order valence-corrected chi connectivity index (χ0v) is 59.2. The minimum atomic E-state index is -1.90. The fraction of sp³-hybridized carbons (Fsp3) is 0.922. The number of ether oxygens (including phenoxy) is 12. The molecule has 0 aromatic rings. The number of ketones is 2. The van der Waals surface area contributed by atoms with E-state index in [4.69, 9.17) is 62.6 Å². The van der Waals surface area contributed by atoms with Crippen LogP contribution in [0.2, 0.25) is 0 Å². The van der Waals surface area contributed by atoms with Crippen LogP contribution in [-0.2, 0) is 80.8 Å². The van der Waals surface area contributed by atoms with Gasteiger partial charge in [-0.25, -0.2) is 5.43 Å². The van der Waals surface area contributed by atoms with E-state index in [1.807, 2.05) is 6.92 Å². The predicted molar refractivity (Wildman–Crippen MR) is 351 cm³/mol. The third-order valence-electron chi connectivity index (χ3n) is 18.6. The van der Waals surface area contributed by atoms with Crippen molar-refractivity contribution in [2.75, 3.05) is 72.5 Å². The lowest BCUT2D eigenvalue weighted by Gasteiger charge is -2.46. The second-order valence-corrected chi connectivity index (χ2v) is 26.7. The number of hydrogen-bond donors (Lipinski definition) is 25. The molecule has 6 fully saturated rings. The van der Waals surface area contributed by atoms with Crippen LogP contribution in [0.5, 0.6) is 0 Å². The summed E-state index contributed by atoms with van der Waals surface area (Å²) >= 11 is 0. The number of amides is 3. The van der Waals surface area contributed by atoms with Gasteiger partial charge in [-0.15, -0.1) is 0 Å². The van der Waals surface area contributed by atoms with Gasteiger partial charge in [0.2, 0.25) is 17.7 Å². The average molecular weight is 1550 g/mol. The minimum absolute atomic E-state index is 0.0428. The van der Waals surface area contributed by atoms with Crippen molar-refractivity contribution in [2.24, 2.45) is 5.73 Å². The van der Waals surface area contributed by atoms with Crippen LogP contribution in [0.15, 0.2) is 0 Å². The largest absolute Gasteiger partial charge is 0.394 e. The highest BCUT2D eigenvalue weighted by molar-refractivity contribution is 5.82. The van der Waals surface area contributed by atoms with Crippen LogP contribution in [0, 0.1) is 0 Å². The van der Waals surface area contributed by atoms with Crippen molar-refractivity contribution in [3.63, 3.8) is 0 Å². The van der Waals surface area contributed by atoms with Gasteiger partial charge in [-0.3, -0.25) is 29.4 Å². The summed E-state index contributed by atoms with van der Waals surface area (Å²) < 4.78 is 66.5. The van der Waals surface area contributed by atoms with Crippen molar-refractivity contribution < 1.29 is 183 Å². The van der Waals surface area contributed by atoms with Gasteiger partial charge >= 0.3 is 0 Å². The molecule has 618 valence electrons. The van der Waals surface area contributed by atoms with E-state index in [0.29, 0.717) is 64.5 Å². The number of hydrogen-bond acceptors (Lipinski definition) is 39. The topological polar surface area (TPSA) is 675 Å². The molecule has 31 atom stereocenters. The standard InChI is InChI=1S/C35H64N4O19.C29H51NO18/c1-17(42)18(8-6-7-11-36)38-39-23(44)10-5-3-2-4-9-22(43)37-12-13-53-34-31(52)32(58-35-30(51)28(49)25(46)20(15-41)56-35)26(47)21(57-34)16-54-33-29(50)27(48)24(45)19(14-40)55-33;1-2-30-17(34)8-4-3-6-13(33)7-5-9-43-28-25(42)26(48-29-24(41)22(39)19(36)15(11-32)46-29)20(37)16(47-28)12-44-27-23(40)21(38)18(35)14(10-31)45-27/h18-21,24-35,38,40-41,45-52H,2-16,36H2,1H3,(H,37,43)(H,39,44);14-16,18-29,31-32,35-42H,2-12H2,1H3,(H,30,34)/t18-,19+,20+,21+,24+,25+,26+,27-,28-,29-,30-,31-,32-,33-,34-,35+;14-,15-,16-,18-,19-,20-,21+,22+,23+,24+,25+,26+,27+,28+,29-/m01/s1. The average Bonchev–Trinajstić information content (AvgIpc) is 0.791. The zero-order chi connectivity index (χ0) is 78.5. The first kappa shape index (κ1) is 93.0. The van der Waals surface area contributed by atoms with E-state index in [0.717, 1.165) is 12.8 Å². The predicted octanol–water partition coefficient (Wildman–Crippen LogP) is -11.9. The number of rotatable bonds is 43. The summed E-state index contributed by atoms with van der Waals surface area (Å²) in [6, 6.07) is -0.479. The monoisotopic (exact) mass is 1550 g/mol. The Hall–Kier alpha value is -3.61. The highest BCUT2D eigenvalue weighted by Crippen LogP contribution is 2.34. The van der Waals surface area contributed by atoms with Crippen molar-refractivity contribution >= 4 is 29.3 Å². The quantitative estimate of drug-likeness (QED) is 0.0199. The van der Waals surface area contributed by atoms with Gasteiger partial charge in [0.05, 0.1) is 58.9 Å². The summed E-state index contributed by atoms with van der Waals surface area (Å²) in [5.74, 6) is -0.776. The van der Waals surface area contributed by atoms with Crippen LogP contribution >= 0.6 is 0 Å². The van der Waals surface area contributed by atoms with Gasteiger partial charge in [-0.05, 0) is 65.3 Å². The first-order valence-electron chi connectivity index (χ1n) is 35.8. The lowest BCUT2D eigenvalue weighted by atomic mass is 9.96. The smallest absolute Gasteiger partial charge is 0.234 e. The molecule has 0 aromatic heterocycles. The number of nitrogens with two attached hydrogens (primary N) is 1. The van der Waals surface area contributed by atoms with Crippen LogP contribution in [0.1, 0.15) is 110 Å². The maximum atomic E-state index is 12.4. The molecule has 0 aliphatic carbocycles. The van der Waals surface area contributed by atoms with E-state index in [1.165, 1.54) is 6.92 Å². The van der Waals surface area contributed by atoms with Crippen molar-refractivity contribution in [2.45, 2.75) is 300 Å². The van der Waals surface area contributed by atoms with Gasteiger partial charge in [0, 0.05) is 45.2 Å². The molecule has 0 aromatic carbocycles. The molecule has 6 rings (SSSR count). The molecule has 6 saturated heterocycles. The summed E-state index contributed by atoms with van der Waals surface area (Å²) in [5, 5.41) is 210. The first-order valence-corrected chi connectivity index (χ1v) is 35.8. The molecular weight excluding hydrogens is 1430 g/mol. The van der Waals surface area contributed by atoms with Gasteiger partial charge in [0.25, 0.3) is 0 Å². The van der Waals surface area contributed by atoms with Crippen LogP contribution in [0.25, 0.3) is 0 Å². The van der Waals surface area contributed by atoms with Gasteiger partial charge in [0.1, 0.15) is 158 Å². The van der Waals surface area contributed by atoms with E-state index in [-0.39, 0.29) is 81.2 Å². The third kappa shape index (κ3) is 27.6. The second kappa shape index (κ2) is 47.7. The molecule has 0 unspecified atom stereocenters. The Bertz CT molecular complexity index is 2530. The molecule has 0 bridgehead atoms. The maximum Gasteiger partial charge on any atom is 0.234 e. The van der Waals surface area contributed by atoms with Crippen LogP contribution in [0.3, 0.4) is 0 Å². The Morgan fingerprint density at radius 3 is 1.15 bits per heavy atom.